The fourth-order valence-electron chi connectivity index (χ4n) is 0.858. The number of rotatable bonds is 3. The van der Waals surface area contributed by atoms with Crippen molar-refractivity contribution in [3.05, 3.63) is 18.2 Å². The summed E-state index contributed by atoms with van der Waals surface area (Å²) >= 11 is 0. The van der Waals surface area contributed by atoms with E-state index < -0.39 is 6.09 Å². The fraction of sp³-hybridized carbons (Fsp3) is 0.556. The Bertz CT molecular complexity index is 307. The molecule has 0 radical (unpaired) electrons. The van der Waals surface area contributed by atoms with Crippen LogP contribution in [-0.4, -0.2) is 27.4 Å². The van der Waals surface area contributed by atoms with Crippen LogP contribution >= 0.6 is 0 Å². The summed E-state index contributed by atoms with van der Waals surface area (Å²) in [5, 5.41) is 8.72. The van der Waals surface area contributed by atoms with Gasteiger partial charge in [-0.1, -0.05) is 13.8 Å². The van der Waals surface area contributed by atoms with Gasteiger partial charge in [0.1, 0.15) is 6.33 Å². The topological polar surface area (TPSA) is 64.4 Å². The van der Waals surface area contributed by atoms with Gasteiger partial charge in [-0.2, -0.15) is 0 Å². The molecule has 78 valence electrons. The highest BCUT2D eigenvalue weighted by Crippen LogP contribution is 1.99. The maximum absolute atomic E-state index is 11.3. The maximum Gasteiger partial charge on any atom is 0.419 e. The number of aliphatic hydroxyl groups is 1. The molecular formula is C9H14N2O3. The minimum Gasteiger partial charge on any atom is -0.449 e. The molecule has 0 aliphatic heterocycles. The van der Waals surface area contributed by atoms with Crippen LogP contribution < -0.4 is 0 Å². The summed E-state index contributed by atoms with van der Waals surface area (Å²) in [5.41, 5.74) is 0.450. The molecule has 1 aromatic rings. The second kappa shape index (κ2) is 4.76. The van der Waals surface area contributed by atoms with Crippen LogP contribution in [0.3, 0.4) is 0 Å². The van der Waals surface area contributed by atoms with Crippen molar-refractivity contribution in [2.24, 2.45) is 5.92 Å². The SMILES string of the molecule is CC(C)COC(=O)n1cnc(CO)c1. The third kappa shape index (κ3) is 2.85. The predicted molar refractivity (Wildman–Crippen MR) is 49.7 cm³/mol. The lowest BCUT2D eigenvalue weighted by molar-refractivity contribution is 0.134. The highest BCUT2D eigenvalue weighted by atomic mass is 16.5. The van der Waals surface area contributed by atoms with Gasteiger partial charge in [-0.25, -0.2) is 14.3 Å². The van der Waals surface area contributed by atoms with Gasteiger partial charge >= 0.3 is 6.09 Å². The largest absolute Gasteiger partial charge is 0.449 e. The van der Waals surface area contributed by atoms with Gasteiger partial charge in [0.05, 0.1) is 18.9 Å². The van der Waals surface area contributed by atoms with Gasteiger partial charge in [0.25, 0.3) is 0 Å². The Morgan fingerprint density at radius 3 is 2.93 bits per heavy atom. The van der Waals surface area contributed by atoms with Crippen molar-refractivity contribution in [3.8, 4) is 0 Å². The first-order chi connectivity index (χ1) is 6.63. The molecule has 14 heavy (non-hydrogen) atoms. The molecule has 0 unspecified atom stereocenters. The summed E-state index contributed by atoms with van der Waals surface area (Å²) < 4.78 is 6.17. The lowest BCUT2D eigenvalue weighted by atomic mass is 10.2. The average molecular weight is 198 g/mol. The van der Waals surface area contributed by atoms with Crippen LogP contribution in [-0.2, 0) is 11.3 Å². The summed E-state index contributed by atoms with van der Waals surface area (Å²) in [6.07, 6.45) is 2.31. The van der Waals surface area contributed by atoms with Crippen LogP contribution in [0.5, 0.6) is 0 Å². The Morgan fingerprint density at radius 1 is 1.71 bits per heavy atom. The van der Waals surface area contributed by atoms with E-state index in [0.29, 0.717) is 18.2 Å². The van der Waals surface area contributed by atoms with E-state index in [9.17, 15) is 4.79 Å². The van der Waals surface area contributed by atoms with Crippen molar-refractivity contribution in [1.29, 1.82) is 0 Å². The van der Waals surface area contributed by atoms with Gasteiger partial charge in [0.15, 0.2) is 0 Å². The third-order valence-electron chi connectivity index (χ3n) is 1.55. The lowest BCUT2D eigenvalue weighted by Crippen LogP contribution is -2.15. The Balaban J connectivity index is 2.52. The molecule has 0 aliphatic rings. The van der Waals surface area contributed by atoms with Crippen molar-refractivity contribution in [2.75, 3.05) is 6.61 Å². The second-order valence-corrected chi connectivity index (χ2v) is 3.40. The van der Waals surface area contributed by atoms with Crippen molar-refractivity contribution in [1.82, 2.24) is 9.55 Å². The van der Waals surface area contributed by atoms with Crippen LogP contribution in [0.1, 0.15) is 19.5 Å². The Kier molecular flexibility index (Phi) is 3.64. The van der Waals surface area contributed by atoms with Crippen LogP contribution in [0.25, 0.3) is 0 Å². The molecule has 0 atom stereocenters. The smallest absolute Gasteiger partial charge is 0.419 e. The molecule has 5 nitrogen and oxygen atoms in total. The van der Waals surface area contributed by atoms with Crippen LogP contribution in [0.15, 0.2) is 12.5 Å². The molecule has 0 amide bonds. The van der Waals surface area contributed by atoms with E-state index in [4.69, 9.17) is 9.84 Å². The van der Waals surface area contributed by atoms with Crippen molar-refractivity contribution < 1.29 is 14.6 Å². The molecule has 0 aromatic carbocycles. The fourth-order valence-corrected chi connectivity index (χ4v) is 0.858. The molecule has 1 rings (SSSR count). The molecule has 5 heteroatoms. The van der Waals surface area contributed by atoms with E-state index in [1.54, 1.807) is 0 Å². The maximum atomic E-state index is 11.3. The first kappa shape index (κ1) is 10.7. The van der Waals surface area contributed by atoms with Crippen LogP contribution in [0.2, 0.25) is 0 Å². The van der Waals surface area contributed by atoms with Crippen LogP contribution in [0, 0.1) is 5.92 Å². The molecule has 1 aromatic heterocycles. The number of ether oxygens (including phenoxy) is 1. The number of hydrogen-bond donors (Lipinski definition) is 1. The Labute approximate surface area is 82.3 Å². The molecule has 0 saturated carbocycles. The summed E-state index contributed by atoms with van der Waals surface area (Å²) in [6, 6.07) is 0. The minimum atomic E-state index is -0.467. The Morgan fingerprint density at radius 2 is 2.43 bits per heavy atom. The van der Waals surface area contributed by atoms with Gasteiger partial charge in [-0.05, 0) is 5.92 Å². The number of carbonyl (C=O) groups excluding carboxylic acids is 1. The normalized spacial score (nSPS) is 10.6. The predicted octanol–water partition coefficient (Wildman–Crippen LogP) is 1.02. The summed E-state index contributed by atoms with van der Waals surface area (Å²) in [4.78, 5) is 15.1. The summed E-state index contributed by atoms with van der Waals surface area (Å²) in [5.74, 6) is 0.305. The third-order valence-corrected chi connectivity index (χ3v) is 1.55. The van der Waals surface area contributed by atoms with E-state index in [1.807, 2.05) is 13.8 Å². The summed E-state index contributed by atoms with van der Waals surface area (Å²) in [7, 11) is 0. The van der Waals surface area contributed by atoms with E-state index in [1.165, 1.54) is 17.1 Å². The van der Waals surface area contributed by atoms with E-state index in [-0.39, 0.29) is 6.61 Å². The van der Waals surface area contributed by atoms with Gasteiger partial charge in [-0.15, -0.1) is 0 Å². The number of carbonyl (C=O) groups is 1. The average Bonchev–Trinajstić information content (AvgIpc) is 2.62. The minimum absolute atomic E-state index is 0.176. The van der Waals surface area contributed by atoms with E-state index in [2.05, 4.69) is 4.98 Å². The molecular weight excluding hydrogens is 184 g/mol. The van der Waals surface area contributed by atoms with Gasteiger partial charge < -0.3 is 9.84 Å². The zero-order valence-electron chi connectivity index (χ0n) is 8.30. The first-order valence-electron chi connectivity index (χ1n) is 4.44. The molecule has 0 fully saturated rings. The van der Waals surface area contributed by atoms with Crippen molar-refractivity contribution in [3.63, 3.8) is 0 Å². The number of nitrogens with zero attached hydrogens (tertiary/aromatic N) is 2. The molecule has 0 bridgehead atoms. The zero-order valence-corrected chi connectivity index (χ0v) is 8.30. The lowest BCUT2D eigenvalue weighted by Gasteiger charge is -2.06. The molecule has 1 N–H and O–H groups in total. The standard InChI is InChI=1S/C9H14N2O3/c1-7(2)5-14-9(13)11-3-8(4-12)10-6-11/h3,6-7,12H,4-5H2,1-2H3. The molecule has 0 saturated heterocycles. The van der Waals surface area contributed by atoms with Gasteiger partial charge in [0.2, 0.25) is 0 Å². The van der Waals surface area contributed by atoms with Gasteiger partial charge in [-0.3, -0.25) is 0 Å². The number of aliphatic hydroxyl groups excluding tert-OH is 1. The van der Waals surface area contributed by atoms with Crippen molar-refractivity contribution in [2.45, 2.75) is 20.5 Å². The van der Waals surface area contributed by atoms with E-state index in [0.717, 1.165) is 0 Å². The van der Waals surface area contributed by atoms with Crippen LogP contribution in [0.4, 0.5) is 4.79 Å². The molecule has 0 spiro atoms. The highest BCUT2D eigenvalue weighted by molar-refractivity contribution is 5.70. The Hall–Kier alpha value is -1.36. The number of hydrogen-bond acceptors (Lipinski definition) is 4. The quantitative estimate of drug-likeness (QED) is 0.787. The molecule has 1 heterocycles. The van der Waals surface area contributed by atoms with Gasteiger partial charge in [0, 0.05) is 6.20 Å². The first-order valence-corrected chi connectivity index (χ1v) is 4.44. The highest BCUT2D eigenvalue weighted by Gasteiger charge is 2.07. The van der Waals surface area contributed by atoms with E-state index >= 15 is 0 Å². The zero-order chi connectivity index (χ0) is 10.6. The van der Waals surface area contributed by atoms with Crippen molar-refractivity contribution >= 4 is 6.09 Å². The molecule has 0 aliphatic carbocycles. The number of aromatic nitrogens is 2. The monoisotopic (exact) mass is 198 g/mol. The number of imidazole rings is 1. The summed E-state index contributed by atoms with van der Waals surface area (Å²) in [6.45, 7) is 4.12. The second-order valence-electron chi connectivity index (χ2n) is 3.40.